The Labute approximate surface area is 129 Å². The van der Waals surface area contributed by atoms with E-state index in [1.165, 1.54) is 17.1 Å². The molecule has 0 radical (unpaired) electrons. The minimum absolute atomic E-state index is 0.361. The van der Waals surface area contributed by atoms with Gasteiger partial charge in [-0.2, -0.15) is 4.80 Å². The van der Waals surface area contributed by atoms with E-state index >= 15 is 0 Å². The number of aromatic nitrogens is 5. The number of nitrogens with zero attached hydrogens (tertiary/aromatic N) is 5. The van der Waals surface area contributed by atoms with E-state index in [0.717, 1.165) is 10.0 Å². The summed E-state index contributed by atoms with van der Waals surface area (Å²) in [6.45, 7) is 0.367. The minimum atomic E-state index is -0.361. The molecule has 0 aliphatic heterocycles. The van der Waals surface area contributed by atoms with E-state index in [4.69, 9.17) is 0 Å². The summed E-state index contributed by atoms with van der Waals surface area (Å²) in [5, 5.41) is 12.3. The third-order valence-corrected chi connectivity index (χ3v) is 3.33. The van der Waals surface area contributed by atoms with Crippen LogP contribution in [0.4, 0.5) is 4.39 Å². The molecule has 0 spiro atoms. The Morgan fingerprint density at radius 3 is 2.86 bits per heavy atom. The van der Waals surface area contributed by atoms with Crippen LogP contribution < -0.4 is 0 Å². The average Bonchev–Trinajstić information content (AvgIpc) is 2.89. The zero-order valence-electron chi connectivity index (χ0n) is 10.9. The van der Waals surface area contributed by atoms with Crippen molar-refractivity contribution in [3.8, 4) is 0 Å². The fourth-order valence-corrected chi connectivity index (χ4v) is 2.34. The first kappa shape index (κ1) is 13.8. The maximum Gasteiger partial charge on any atom is 0.179 e. The van der Waals surface area contributed by atoms with Crippen molar-refractivity contribution < 1.29 is 4.39 Å². The predicted octanol–water partition coefficient (Wildman–Crippen LogP) is 2.61. The molecule has 0 fully saturated rings. The van der Waals surface area contributed by atoms with E-state index in [1.807, 2.05) is 24.3 Å². The van der Waals surface area contributed by atoms with Gasteiger partial charge in [-0.15, -0.1) is 10.2 Å². The Morgan fingerprint density at radius 2 is 2.10 bits per heavy atom. The van der Waals surface area contributed by atoms with Crippen molar-refractivity contribution in [1.29, 1.82) is 0 Å². The van der Waals surface area contributed by atoms with Gasteiger partial charge in [0, 0.05) is 10.9 Å². The molecule has 106 valence electrons. The second-order valence-electron chi connectivity index (χ2n) is 4.51. The molecule has 0 aliphatic rings. The SMILES string of the molecule is Fc1ccc(Cn2nnc(Cc3cccc(Br)c3)n2)nc1. The molecule has 1 aromatic carbocycles. The summed E-state index contributed by atoms with van der Waals surface area (Å²) in [4.78, 5) is 5.42. The van der Waals surface area contributed by atoms with Crippen LogP contribution in [-0.4, -0.2) is 25.2 Å². The van der Waals surface area contributed by atoms with E-state index in [-0.39, 0.29) is 5.82 Å². The van der Waals surface area contributed by atoms with E-state index < -0.39 is 0 Å². The molecule has 3 rings (SSSR count). The molecule has 0 saturated heterocycles. The zero-order chi connectivity index (χ0) is 14.7. The number of halogens is 2. The van der Waals surface area contributed by atoms with Crippen LogP contribution in [0.3, 0.4) is 0 Å². The van der Waals surface area contributed by atoms with Crippen LogP contribution >= 0.6 is 15.9 Å². The summed E-state index contributed by atoms with van der Waals surface area (Å²) in [7, 11) is 0. The van der Waals surface area contributed by atoms with Gasteiger partial charge in [0.05, 0.1) is 11.9 Å². The Morgan fingerprint density at radius 1 is 1.19 bits per heavy atom. The van der Waals surface area contributed by atoms with E-state index in [9.17, 15) is 4.39 Å². The highest BCUT2D eigenvalue weighted by molar-refractivity contribution is 9.10. The van der Waals surface area contributed by atoms with Crippen molar-refractivity contribution in [1.82, 2.24) is 25.2 Å². The van der Waals surface area contributed by atoms with Crippen LogP contribution in [-0.2, 0) is 13.0 Å². The van der Waals surface area contributed by atoms with Gasteiger partial charge in [-0.1, -0.05) is 28.1 Å². The molecule has 0 saturated carbocycles. The van der Waals surface area contributed by atoms with Gasteiger partial charge in [0.2, 0.25) is 0 Å². The molecule has 5 nitrogen and oxygen atoms in total. The first-order chi connectivity index (χ1) is 10.2. The number of benzene rings is 1. The summed E-state index contributed by atoms with van der Waals surface area (Å²) in [6.07, 6.45) is 1.78. The lowest BCUT2D eigenvalue weighted by Gasteiger charge is -1.99. The minimum Gasteiger partial charge on any atom is -0.256 e. The van der Waals surface area contributed by atoms with Gasteiger partial charge in [-0.3, -0.25) is 4.98 Å². The van der Waals surface area contributed by atoms with Crippen LogP contribution in [0.1, 0.15) is 17.1 Å². The lowest BCUT2D eigenvalue weighted by atomic mass is 10.1. The molecule has 2 heterocycles. The molecule has 2 aromatic heterocycles. The van der Waals surface area contributed by atoms with Crippen LogP contribution in [0.25, 0.3) is 0 Å². The molecular formula is C14H11BrFN5. The van der Waals surface area contributed by atoms with Crippen molar-refractivity contribution in [3.63, 3.8) is 0 Å². The third kappa shape index (κ3) is 3.69. The van der Waals surface area contributed by atoms with Gasteiger partial charge in [0.15, 0.2) is 5.82 Å². The molecule has 3 aromatic rings. The molecule has 21 heavy (non-hydrogen) atoms. The van der Waals surface area contributed by atoms with Crippen molar-refractivity contribution in [2.45, 2.75) is 13.0 Å². The lowest BCUT2D eigenvalue weighted by Crippen LogP contribution is -2.06. The van der Waals surface area contributed by atoms with Gasteiger partial charge < -0.3 is 0 Å². The molecule has 0 N–H and O–H groups in total. The number of pyridine rings is 1. The van der Waals surface area contributed by atoms with Crippen LogP contribution in [0.2, 0.25) is 0 Å². The molecule has 0 unspecified atom stereocenters. The molecule has 0 aliphatic carbocycles. The van der Waals surface area contributed by atoms with Crippen molar-refractivity contribution >= 4 is 15.9 Å². The highest BCUT2D eigenvalue weighted by Gasteiger charge is 2.06. The standard InChI is InChI=1S/C14H11BrFN5/c15-11-3-1-2-10(6-11)7-14-18-20-21(19-14)9-13-5-4-12(16)8-17-13/h1-6,8H,7,9H2. The number of hydrogen-bond donors (Lipinski definition) is 0. The largest absolute Gasteiger partial charge is 0.256 e. The van der Waals surface area contributed by atoms with Gasteiger partial charge in [-0.25, -0.2) is 4.39 Å². The summed E-state index contributed by atoms with van der Waals surface area (Å²) >= 11 is 3.43. The highest BCUT2D eigenvalue weighted by Crippen LogP contribution is 2.13. The maximum atomic E-state index is 12.8. The second kappa shape index (κ2) is 6.09. The van der Waals surface area contributed by atoms with E-state index in [2.05, 4.69) is 36.3 Å². The maximum absolute atomic E-state index is 12.8. The Balaban J connectivity index is 1.70. The van der Waals surface area contributed by atoms with Gasteiger partial charge in [0.1, 0.15) is 12.4 Å². The first-order valence-electron chi connectivity index (χ1n) is 6.30. The van der Waals surface area contributed by atoms with E-state index in [1.54, 1.807) is 6.07 Å². The normalized spacial score (nSPS) is 10.8. The first-order valence-corrected chi connectivity index (χ1v) is 7.10. The van der Waals surface area contributed by atoms with Crippen LogP contribution in [0.15, 0.2) is 47.1 Å². The topological polar surface area (TPSA) is 56.5 Å². The zero-order valence-corrected chi connectivity index (χ0v) is 12.5. The third-order valence-electron chi connectivity index (χ3n) is 2.84. The fourth-order valence-electron chi connectivity index (χ4n) is 1.89. The summed E-state index contributed by atoms with van der Waals surface area (Å²) in [5.74, 6) is 0.274. The van der Waals surface area contributed by atoms with Crippen LogP contribution in [0, 0.1) is 5.82 Å². The fraction of sp³-hybridized carbons (Fsp3) is 0.143. The molecule has 0 atom stereocenters. The van der Waals surface area contributed by atoms with Crippen LogP contribution in [0.5, 0.6) is 0 Å². The molecular weight excluding hydrogens is 337 g/mol. The quantitative estimate of drug-likeness (QED) is 0.727. The van der Waals surface area contributed by atoms with Gasteiger partial charge >= 0.3 is 0 Å². The summed E-state index contributed by atoms with van der Waals surface area (Å²) in [5.41, 5.74) is 1.78. The number of hydrogen-bond acceptors (Lipinski definition) is 4. The van der Waals surface area contributed by atoms with Crippen molar-refractivity contribution in [3.05, 3.63) is 70.0 Å². The highest BCUT2D eigenvalue weighted by atomic mass is 79.9. The second-order valence-corrected chi connectivity index (χ2v) is 5.43. The average molecular weight is 348 g/mol. The molecule has 7 heteroatoms. The van der Waals surface area contributed by atoms with Gasteiger partial charge in [-0.05, 0) is 35.0 Å². The van der Waals surface area contributed by atoms with Gasteiger partial charge in [0.25, 0.3) is 0 Å². The van der Waals surface area contributed by atoms with Crippen molar-refractivity contribution in [2.75, 3.05) is 0 Å². The summed E-state index contributed by atoms with van der Waals surface area (Å²) in [6, 6.07) is 10.9. The lowest BCUT2D eigenvalue weighted by molar-refractivity contribution is 0.557. The molecule has 0 amide bonds. The number of tetrazole rings is 1. The Kier molecular flexibility index (Phi) is 4.01. The molecule has 0 bridgehead atoms. The monoisotopic (exact) mass is 347 g/mol. The smallest absolute Gasteiger partial charge is 0.179 e. The van der Waals surface area contributed by atoms with E-state index in [0.29, 0.717) is 24.5 Å². The Hall–Kier alpha value is -2.15. The van der Waals surface area contributed by atoms with Crippen molar-refractivity contribution in [2.24, 2.45) is 0 Å². The predicted molar refractivity (Wildman–Crippen MR) is 78.1 cm³/mol. The number of rotatable bonds is 4. The summed E-state index contributed by atoms with van der Waals surface area (Å²) < 4.78 is 13.8. The Bertz CT molecular complexity index is 741.